The largest absolute Gasteiger partial charge is 0.399 e. The molecule has 4 heteroatoms. The number of hydrogen-bond donors (Lipinski definition) is 1. The van der Waals surface area contributed by atoms with E-state index in [1.54, 1.807) is 0 Å². The van der Waals surface area contributed by atoms with Crippen LogP contribution in [0.2, 0.25) is 0 Å². The summed E-state index contributed by atoms with van der Waals surface area (Å²) in [6.07, 6.45) is 8.52. The Morgan fingerprint density at radius 2 is 1.76 bits per heavy atom. The van der Waals surface area contributed by atoms with Gasteiger partial charge in [0.25, 0.3) is 0 Å². The van der Waals surface area contributed by atoms with Crippen molar-refractivity contribution in [3.05, 3.63) is 41.5 Å². The minimum Gasteiger partial charge on any atom is -0.399 e. The number of nitrogens with two attached hydrogens (primary N) is 1. The molecule has 112 valence electrons. The summed E-state index contributed by atoms with van der Waals surface area (Å²) in [5.74, 6) is 2.20. The molecule has 0 atom stereocenters. The minimum absolute atomic E-state index is 0.607. The van der Waals surface area contributed by atoms with E-state index in [-0.39, 0.29) is 0 Å². The van der Waals surface area contributed by atoms with Crippen LogP contribution in [0.5, 0.6) is 0 Å². The van der Waals surface area contributed by atoms with E-state index in [0.29, 0.717) is 6.04 Å². The van der Waals surface area contributed by atoms with Gasteiger partial charge in [-0.3, -0.25) is 0 Å². The number of nitrogens with zero attached hydrogens (tertiary/aromatic N) is 3. The Labute approximate surface area is 126 Å². The van der Waals surface area contributed by atoms with Crippen LogP contribution in [-0.4, -0.2) is 14.8 Å². The fourth-order valence-electron chi connectivity index (χ4n) is 3.34. The normalized spacial score (nSPS) is 16.2. The van der Waals surface area contributed by atoms with Crippen LogP contribution < -0.4 is 5.73 Å². The highest BCUT2D eigenvalue weighted by molar-refractivity contribution is 5.39. The van der Waals surface area contributed by atoms with Crippen LogP contribution in [0, 0.1) is 6.92 Å². The van der Waals surface area contributed by atoms with E-state index in [9.17, 15) is 0 Å². The summed E-state index contributed by atoms with van der Waals surface area (Å²) in [5, 5.41) is 8.72. The molecule has 0 spiro atoms. The molecule has 0 unspecified atom stereocenters. The molecule has 0 saturated heterocycles. The highest BCUT2D eigenvalue weighted by Crippen LogP contribution is 2.30. The van der Waals surface area contributed by atoms with Crippen molar-refractivity contribution in [2.75, 3.05) is 5.73 Å². The molecule has 1 fully saturated rings. The molecule has 2 aromatic rings. The topological polar surface area (TPSA) is 56.7 Å². The Morgan fingerprint density at radius 1 is 1.05 bits per heavy atom. The second-order valence-electron chi connectivity index (χ2n) is 6.07. The Balaban J connectivity index is 1.71. The highest BCUT2D eigenvalue weighted by Gasteiger charge is 2.20. The van der Waals surface area contributed by atoms with Crippen LogP contribution in [0.1, 0.15) is 55.4 Å². The Hall–Kier alpha value is -1.84. The predicted molar refractivity (Wildman–Crippen MR) is 85.1 cm³/mol. The first-order valence-corrected chi connectivity index (χ1v) is 7.99. The van der Waals surface area contributed by atoms with Gasteiger partial charge in [0.2, 0.25) is 0 Å². The van der Waals surface area contributed by atoms with Crippen LogP contribution in [-0.2, 0) is 12.8 Å². The molecule has 0 aliphatic heterocycles. The van der Waals surface area contributed by atoms with Gasteiger partial charge in [0.15, 0.2) is 0 Å². The van der Waals surface area contributed by atoms with Crippen molar-refractivity contribution < 1.29 is 0 Å². The molecule has 1 aliphatic carbocycles. The number of nitrogen functional groups attached to an aromatic ring is 1. The lowest BCUT2D eigenvalue weighted by atomic mass is 9.95. The van der Waals surface area contributed by atoms with Crippen molar-refractivity contribution in [2.24, 2.45) is 0 Å². The van der Waals surface area contributed by atoms with E-state index in [4.69, 9.17) is 5.73 Å². The van der Waals surface area contributed by atoms with Gasteiger partial charge < -0.3 is 10.3 Å². The molecule has 1 aromatic heterocycles. The number of aromatic nitrogens is 3. The first kappa shape index (κ1) is 14.1. The van der Waals surface area contributed by atoms with Crippen LogP contribution in [0.4, 0.5) is 5.69 Å². The maximum absolute atomic E-state index is 5.73. The number of anilines is 1. The van der Waals surface area contributed by atoms with Crippen molar-refractivity contribution in [1.29, 1.82) is 0 Å². The van der Waals surface area contributed by atoms with Crippen LogP contribution >= 0.6 is 0 Å². The smallest absolute Gasteiger partial charge is 0.133 e. The van der Waals surface area contributed by atoms with Crippen LogP contribution in [0.15, 0.2) is 24.3 Å². The second-order valence-corrected chi connectivity index (χ2v) is 6.07. The average molecular weight is 284 g/mol. The molecular formula is C17H24N4. The third-order valence-corrected chi connectivity index (χ3v) is 4.49. The Kier molecular flexibility index (Phi) is 4.23. The lowest BCUT2D eigenvalue weighted by molar-refractivity contribution is 0.340. The van der Waals surface area contributed by atoms with Gasteiger partial charge >= 0.3 is 0 Å². The van der Waals surface area contributed by atoms with Gasteiger partial charge in [-0.25, -0.2) is 0 Å². The SMILES string of the molecule is Cc1nnc(CCc2ccc(N)cc2)n1C1CCCCC1. The van der Waals surface area contributed by atoms with Crippen molar-refractivity contribution in [2.45, 2.75) is 57.9 Å². The van der Waals surface area contributed by atoms with Gasteiger partial charge in [-0.1, -0.05) is 31.4 Å². The fraction of sp³-hybridized carbons (Fsp3) is 0.529. The van der Waals surface area contributed by atoms with E-state index in [1.807, 2.05) is 12.1 Å². The van der Waals surface area contributed by atoms with Crippen molar-refractivity contribution in [3.8, 4) is 0 Å². The first-order valence-electron chi connectivity index (χ1n) is 7.99. The second kappa shape index (κ2) is 6.29. The Morgan fingerprint density at radius 3 is 2.48 bits per heavy atom. The van der Waals surface area contributed by atoms with E-state index in [1.165, 1.54) is 37.7 Å². The summed E-state index contributed by atoms with van der Waals surface area (Å²) in [6, 6.07) is 8.74. The zero-order chi connectivity index (χ0) is 14.7. The molecule has 3 rings (SSSR count). The van der Waals surface area contributed by atoms with Gasteiger partial charge in [0, 0.05) is 18.2 Å². The third-order valence-electron chi connectivity index (χ3n) is 4.49. The molecule has 0 radical (unpaired) electrons. The quantitative estimate of drug-likeness (QED) is 0.875. The zero-order valence-electron chi connectivity index (χ0n) is 12.8. The van der Waals surface area contributed by atoms with Gasteiger partial charge in [-0.2, -0.15) is 0 Å². The monoisotopic (exact) mass is 284 g/mol. The molecule has 0 amide bonds. The van der Waals surface area contributed by atoms with E-state index < -0.39 is 0 Å². The maximum Gasteiger partial charge on any atom is 0.133 e. The molecule has 21 heavy (non-hydrogen) atoms. The molecule has 1 aromatic carbocycles. The summed E-state index contributed by atoms with van der Waals surface area (Å²) < 4.78 is 2.39. The molecule has 1 aliphatic rings. The zero-order valence-corrected chi connectivity index (χ0v) is 12.8. The van der Waals surface area contributed by atoms with E-state index >= 15 is 0 Å². The van der Waals surface area contributed by atoms with Crippen molar-refractivity contribution in [1.82, 2.24) is 14.8 Å². The number of hydrogen-bond acceptors (Lipinski definition) is 3. The molecule has 4 nitrogen and oxygen atoms in total. The first-order chi connectivity index (χ1) is 10.2. The fourth-order valence-corrected chi connectivity index (χ4v) is 3.34. The molecular weight excluding hydrogens is 260 g/mol. The highest BCUT2D eigenvalue weighted by atomic mass is 15.3. The summed E-state index contributed by atoms with van der Waals surface area (Å²) in [4.78, 5) is 0. The molecule has 1 saturated carbocycles. The van der Waals surface area contributed by atoms with Crippen LogP contribution in [0.3, 0.4) is 0 Å². The number of benzene rings is 1. The van der Waals surface area contributed by atoms with Gasteiger partial charge in [-0.15, -0.1) is 10.2 Å². The predicted octanol–water partition coefficient (Wildman–Crippen LogP) is 3.46. The third kappa shape index (κ3) is 3.26. The number of aryl methyl sites for hydroxylation is 3. The molecule has 2 N–H and O–H groups in total. The van der Waals surface area contributed by atoms with Crippen LogP contribution in [0.25, 0.3) is 0 Å². The van der Waals surface area contributed by atoms with Gasteiger partial charge in [-0.05, 0) is 43.9 Å². The lowest BCUT2D eigenvalue weighted by Gasteiger charge is -2.25. The maximum atomic E-state index is 5.73. The standard InChI is InChI=1S/C17H24N4/c1-13-19-20-17(21(13)16-5-3-2-4-6-16)12-9-14-7-10-15(18)11-8-14/h7-8,10-11,16H,2-6,9,12,18H2,1H3. The van der Waals surface area contributed by atoms with E-state index in [0.717, 1.165) is 30.2 Å². The minimum atomic E-state index is 0.607. The summed E-state index contributed by atoms with van der Waals surface area (Å²) in [7, 11) is 0. The molecule has 1 heterocycles. The van der Waals surface area contributed by atoms with Gasteiger partial charge in [0.1, 0.15) is 11.6 Å². The molecule has 0 bridgehead atoms. The van der Waals surface area contributed by atoms with E-state index in [2.05, 4.69) is 33.8 Å². The lowest BCUT2D eigenvalue weighted by Crippen LogP contribution is -2.17. The average Bonchev–Trinajstić information content (AvgIpc) is 2.88. The Bertz CT molecular complexity index is 579. The summed E-state index contributed by atoms with van der Waals surface area (Å²) in [5.41, 5.74) is 7.86. The summed E-state index contributed by atoms with van der Waals surface area (Å²) >= 11 is 0. The van der Waals surface area contributed by atoms with Crippen molar-refractivity contribution >= 4 is 5.69 Å². The summed E-state index contributed by atoms with van der Waals surface area (Å²) in [6.45, 7) is 2.08. The van der Waals surface area contributed by atoms with Crippen molar-refractivity contribution in [3.63, 3.8) is 0 Å². The number of rotatable bonds is 4. The van der Waals surface area contributed by atoms with Gasteiger partial charge in [0.05, 0.1) is 0 Å².